The highest BCUT2D eigenvalue weighted by Crippen LogP contribution is 2.34. The summed E-state index contributed by atoms with van der Waals surface area (Å²) >= 11 is 0. The van der Waals surface area contributed by atoms with Gasteiger partial charge in [0.1, 0.15) is 6.10 Å². The zero-order valence-corrected chi connectivity index (χ0v) is 20.3. The summed E-state index contributed by atoms with van der Waals surface area (Å²) in [4.78, 5) is 37.4. The van der Waals surface area contributed by atoms with Crippen molar-refractivity contribution in [2.75, 3.05) is 17.2 Å². The first-order valence-electron chi connectivity index (χ1n) is 12.2. The molecule has 2 aliphatic rings. The lowest BCUT2D eigenvalue weighted by molar-refractivity contribution is -0.140. The Balaban J connectivity index is 1.30. The summed E-state index contributed by atoms with van der Waals surface area (Å²) < 4.78 is 58.5. The summed E-state index contributed by atoms with van der Waals surface area (Å²) in [5.41, 5.74) is 0.0279. The molecule has 0 spiro atoms. The van der Waals surface area contributed by atoms with Crippen molar-refractivity contribution in [3.05, 3.63) is 58.9 Å². The second-order valence-corrected chi connectivity index (χ2v) is 9.52. The number of carboxylic acid groups (broad SMARTS) is 1. The van der Waals surface area contributed by atoms with Crippen LogP contribution >= 0.6 is 0 Å². The standard InChI is InChI=1S/C26H27F4N3O5/c27-23-20(26(28,29)30)2-1-3-21(23)32-24(36)31-18-7-6-17-14-33(11-10-16(17)13-18)25(37)38-19-8-4-15(5-9-19)12-22(34)35/h1-3,6-7,13,15,19H,4-5,8-12,14H2,(H,34,35)(H2,31,32,36)/t15-,19-. The van der Waals surface area contributed by atoms with Gasteiger partial charge < -0.3 is 25.4 Å². The molecule has 2 aromatic rings. The quantitative estimate of drug-likeness (QED) is 0.405. The fraction of sp³-hybridized carbons (Fsp3) is 0.423. The van der Waals surface area contributed by atoms with Crippen LogP contribution in [0.2, 0.25) is 0 Å². The molecular weight excluding hydrogens is 510 g/mol. The zero-order valence-electron chi connectivity index (χ0n) is 20.3. The van der Waals surface area contributed by atoms with Gasteiger partial charge in [0, 0.05) is 25.2 Å². The minimum atomic E-state index is -4.89. The molecule has 38 heavy (non-hydrogen) atoms. The van der Waals surface area contributed by atoms with Gasteiger partial charge in [-0.15, -0.1) is 0 Å². The predicted molar refractivity (Wildman–Crippen MR) is 129 cm³/mol. The normalized spacial score (nSPS) is 19.3. The maximum absolute atomic E-state index is 14.2. The minimum Gasteiger partial charge on any atom is -0.481 e. The Morgan fingerprint density at radius 1 is 1.03 bits per heavy atom. The third-order valence-corrected chi connectivity index (χ3v) is 6.81. The molecule has 3 N–H and O–H groups in total. The van der Waals surface area contributed by atoms with E-state index in [4.69, 9.17) is 9.84 Å². The maximum Gasteiger partial charge on any atom is 0.419 e. The molecule has 0 bridgehead atoms. The third kappa shape index (κ3) is 6.73. The lowest BCUT2D eigenvalue weighted by atomic mass is 9.85. The molecule has 0 unspecified atom stereocenters. The van der Waals surface area contributed by atoms with E-state index in [2.05, 4.69) is 10.6 Å². The van der Waals surface area contributed by atoms with Gasteiger partial charge >= 0.3 is 24.3 Å². The van der Waals surface area contributed by atoms with Crippen LogP contribution in [-0.4, -0.2) is 40.7 Å². The van der Waals surface area contributed by atoms with Crippen LogP contribution in [0, 0.1) is 11.7 Å². The number of benzene rings is 2. The predicted octanol–water partition coefficient (Wildman–Crippen LogP) is 6.02. The fourth-order valence-electron chi connectivity index (χ4n) is 4.84. The van der Waals surface area contributed by atoms with Gasteiger partial charge in [-0.2, -0.15) is 13.2 Å². The summed E-state index contributed by atoms with van der Waals surface area (Å²) in [6, 6.07) is 6.74. The van der Waals surface area contributed by atoms with Crippen LogP contribution < -0.4 is 10.6 Å². The van der Waals surface area contributed by atoms with Gasteiger partial charge in [0.05, 0.1) is 11.3 Å². The number of carbonyl (C=O) groups is 3. The number of nitrogens with one attached hydrogen (secondary N) is 2. The van der Waals surface area contributed by atoms with E-state index in [1.807, 2.05) is 0 Å². The number of aliphatic carboxylic acids is 1. The Kier molecular flexibility index (Phi) is 8.08. The number of carboxylic acids is 1. The lowest BCUT2D eigenvalue weighted by Gasteiger charge is -2.32. The van der Waals surface area contributed by atoms with Gasteiger partial charge in [-0.3, -0.25) is 4.79 Å². The average Bonchev–Trinajstić information content (AvgIpc) is 2.85. The van der Waals surface area contributed by atoms with Gasteiger partial charge in [-0.1, -0.05) is 12.1 Å². The van der Waals surface area contributed by atoms with Crippen LogP contribution in [0.25, 0.3) is 0 Å². The van der Waals surface area contributed by atoms with Crippen molar-refractivity contribution < 1.29 is 41.8 Å². The summed E-state index contributed by atoms with van der Waals surface area (Å²) in [6.45, 7) is 0.704. The molecule has 8 nitrogen and oxygen atoms in total. The van der Waals surface area contributed by atoms with Crippen molar-refractivity contribution >= 4 is 29.5 Å². The summed E-state index contributed by atoms with van der Waals surface area (Å²) in [5, 5.41) is 13.5. The number of nitrogens with zero attached hydrogens (tertiary/aromatic N) is 1. The van der Waals surface area contributed by atoms with Crippen molar-refractivity contribution in [1.82, 2.24) is 4.90 Å². The number of fused-ring (bicyclic) bond motifs is 1. The number of halogens is 4. The summed E-state index contributed by atoms with van der Waals surface area (Å²) in [6.07, 6.45) is -2.25. The second-order valence-electron chi connectivity index (χ2n) is 9.52. The molecule has 4 rings (SSSR count). The van der Waals surface area contributed by atoms with Gasteiger partial charge in [0.25, 0.3) is 0 Å². The first-order chi connectivity index (χ1) is 18.0. The second kappa shape index (κ2) is 11.3. The Labute approximate surface area is 216 Å². The molecule has 1 fully saturated rings. The fourth-order valence-corrected chi connectivity index (χ4v) is 4.84. The number of hydrogen-bond acceptors (Lipinski definition) is 4. The largest absolute Gasteiger partial charge is 0.481 e. The monoisotopic (exact) mass is 537 g/mol. The molecule has 0 atom stereocenters. The van der Waals surface area contributed by atoms with Crippen LogP contribution in [0.4, 0.5) is 38.5 Å². The number of urea groups is 1. The molecule has 2 aromatic carbocycles. The Hall–Kier alpha value is -3.83. The van der Waals surface area contributed by atoms with E-state index in [1.165, 1.54) is 0 Å². The molecule has 0 radical (unpaired) electrons. The topological polar surface area (TPSA) is 108 Å². The highest BCUT2D eigenvalue weighted by molar-refractivity contribution is 6.00. The molecule has 204 valence electrons. The first kappa shape index (κ1) is 27.2. The van der Waals surface area contributed by atoms with Crippen molar-refractivity contribution in [1.29, 1.82) is 0 Å². The minimum absolute atomic E-state index is 0.110. The van der Waals surface area contributed by atoms with E-state index >= 15 is 0 Å². The molecule has 0 aromatic heterocycles. The van der Waals surface area contributed by atoms with E-state index in [9.17, 15) is 31.9 Å². The molecule has 12 heteroatoms. The average molecular weight is 538 g/mol. The zero-order chi connectivity index (χ0) is 27.4. The molecule has 1 aliphatic heterocycles. The van der Waals surface area contributed by atoms with Gasteiger partial charge in [-0.25, -0.2) is 14.0 Å². The number of carbonyl (C=O) groups excluding carboxylic acids is 2. The number of anilines is 2. The van der Waals surface area contributed by atoms with Gasteiger partial charge in [-0.05, 0) is 73.4 Å². The smallest absolute Gasteiger partial charge is 0.419 e. The summed E-state index contributed by atoms with van der Waals surface area (Å²) in [5.74, 6) is -2.28. The Morgan fingerprint density at radius 2 is 1.76 bits per heavy atom. The van der Waals surface area contributed by atoms with Crippen molar-refractivity contribution in [3.8, 4) is 0 Å². The molecule has 1 heterocycles. The molecule has 1 aliphatic carbocycles. The van der Waals surface area contributed by atoms with E-state index < -0.39 is 41.3 Å². The third-order valence-electron chi connectivity index (χ3n) is 6.81. The SMILES string of the molecule is O=C(O)C[C@H]1CC[C@H](OC(=O)N2CCc3cc(NC(=O)Nc4cccc(C(F)(F)F)c4F)ccc3C2)CC1. The van der Waals surface area contributed by atoms with Gasteiger partial charge in [0.2, 0.25) is 0 Å². The maximum atomic E-state index is 14.2. The van der Waals surface area contributed by atoms with Crippen molar-refractivity contribution in [3.63, 3.8) is 0 Å². The van der Waals surface area contributed by atoms with Gasteiger partial charge in [0.15, 0.2) is 5.82 Å². The van der Waals surface area contributed by atoms with Crippen LogP contribution in [0.15, 0.2) is 36.4 Å². The summed E-state index contributed by atoms with van der Waals surface area (Å²) in [7, 11) is 0. The van der Waals surface area contributed by atoms with E-state index in [0.717, 1.165) is 23.3 Å². The number of rotatable bonds is 5. The number of alkyl halides is 3. The van der Waals surface area contributed by atoms with Crippen LogP contribution in [0.3, 0.4) is 0 Å². The van der Waals surface area contributed by atoms with Crippen LogP contribution in [0.5, 0.6) is 0 Å². The highest BCUT2D eigenvalue weighted by atomic mass is 19.4. The number of hydrogen-bond donors (Lipinski definition) is 3. The van der Waals surface area contributed by atoms with Crippen molar-refractivity contribution in [2.24, 2.45) is 5.92 Å². The number of ether oxygens (including phenoxy) is 1. The lowest BCUT2D eigenvalue weighted by Crippen LogP contribution is -2.39. The molecular formula is C26H27F4N3O5. The van der Waals surface area contributed by atoms with Crippen LogP contribution in [-0.2, 0) is 28.7 Å². The molecule has 3 amide bonds. The van der Waals surface area contributed by atoms with Crippen molar-refractivity contribution in [2.45, 2.75) is 57.3 Å². The first-order valence-corrected chi connectivity index (χ1v) is 12.2. The van der Waals surface area contributed by atoms with Crippen LogP contribution in [0.1, 0.15) is 48.8 Å². The molecule has 0 saturated heterocycles. The van der Waals surface area contributed by atoms with E-state index in [1.54, 1.807) is 23.1 Å². The van der Waals surface area contributed by atoms with E-state index in [-0.39, 0.29) is 18.4 Å². The molecule has 1 saturated carbocycles. The highest BCUT2D eigenvalue weighted by Gasteiger charge is 2.35. The number of amides is 3. The Morgan fingerprint density at radius 3 is 2.45 bits per heavy atom. The Bertz CT molecular complexity index is 1210. The van der Waals surface area contributed by atoms with E-state index in [0.29, 0.717) is 56.9 Å².